The lowest BCUT2D eigenvalue weighted by Crippen LogP contribution is -2.26. The molecule has 8 heteroatoms. The van der Waals surface area contributed by atoms with Crippen LogP contribution in [0.2, 0.25) is 0 Å². The van der Waals surface area contributed by atoms with Crippen molar-refractivity contribution in [3.63, 3.8) is 0 Å². The predicted octanol–water partition coefficient (Wildman–Crippen LogP) is 3.42. The normalized spacial score (nSPS) is 12.3. The van der Waals surface area contributed by atoms with Crippen molar-refractivity contribution in [3.05, 3.63) is 46.4 Å². The van der Waals surface area contributed by atoms with Gasteiger partial charge in [0.05, 0.1) is 23.6 Å². The molecule has 0 radical (unpaired) electrons. The van der Waals surface area contributed by atoms with Crippen LogP contribution in [0.4, 0.5) is 15.9 Å². The summed E-state index contributed by atoms with van der Waals surface area (Å²) in [7, 11) is 1.67. The van der Waals surface area contributed by atoms with E-state index in [0.717, 1.165) is 5.56 Å². The standard InChI is InChI=1S/C19H22FN3O4.C2H6/c1-11-4-6-14(13(20)10-11)21-18-16(19(26)22-27-9-3-8-24)12-5-7-15(25)17(12)23(18)2;1-2/h4,6,10,21,24H,3,5,7-9H2,1-2H3,(H,22,26);1-2H3. The number of nitrogens with zero attached hydrogens (tertiary/aromatic N) is 1. The fraction of sp³-hybridized carbons (Fsp3) is 0.429. The van der Waals surface area contributed by atoms with Crippen molar-refractivity contribution >= 4 is 23.2 Å². The fourth-order valence-corrected chi connectivity index (χ4v) is 3.24. The van der Waals surface area contributed by atoms with E-state index >= 15 is 0 Å². The van der Waals surface area contributed by atoms with Gasteiger partial charge in [0.2, 0.25) is 0 Å². The maximum Gasteiger partial charge on any atom is 0.278 e. The number of Topliss-reactive ketones (excluding diaryl/α,β-unsaturated/α-hetero) is 1. The molecule has 158 valence electrons. The van der Waals surface area contributed by atoms with Gasteiger partial charge in [0.25, 0.3) is 5.91 Å². The van der Waals surface area contributed by atoms with E-state index in [9.17, 15) is 14.0 Å². The van der Waals surface area contributed by atoms with Gasteiger partial charge in [-0.2, -0.15) is 0 Å². The molecule has 1 aromatic carbocycles. The molecule has 7 nitrogen and oxygen atoms in total. The molecule has 0 atom stereocenters. The number of rotatable bonds is 7. The van der Waals surface area contributed by atoms with Crippen LogP contribution in [0.25, 0.3) is 0 Å². The van der Waals surface area contributed by atoms with Crippen molar-refractivity contribution < 1.29 is 23.9 Å². The van der Waals surface area contributed by atoms with E-state index in [4.69, 9.17) is 9.94 Å². The highest BCUT2D eigenvalue weighted by Gasteiger charge is 2.33. The van der Waals surface area contributed by atoms with Crippen LogP contribution < -0.4 is 10.8 Å². The molecule has 0 fully saturated rings. The zero-order valence-corrected chi connectivity index (χ0v) is 17.3. The maximum atomic E-state index is 14.3. The number of hydroxylamine groups is 1. The van der Waals surface area contributed by atoms with Gasteiger partial charge in [-0.05, 0) is 43.0 Å². The zero-order valence-electron chi connectivity index (χ0n) is 17.3. The van der Waals surface area contributed by atoms with Crippen LogP contribution in [-0.4, -0.2) is 34.6 Å². The predicted molar refractivity (Wildman–Crippen MR) is 109 cm³/mol. The van der Waals surface area contributed by atoms with Crippen LogP contribution in [0.3, 0.4) is 0 Å². The molecule has 1 aliphatic carbocycles. The molecule has 1 aliphatic rings. The molecule has 0 saturated carbocycles. The Bertz CT molecular complexity index is 893. The number of hydrogen-bond donors (Lipinski definition) is 3. The van der Waals surface area contributed by atoms with E-state index in [2.05, 4.69) is 10.8 Å². The number of benzene rings is 1. The van der Waals surface area contributed by atoms with Crippen LogP contribution in [0.15, 0.2) is 18.2 Å². The van der Waals surface area contributed by atoms with Crippen molar-refractivity contribution in [1.29, 1.82) is 0 Å². The Labute approximate surface area is 169 Å². The molecule has 3 N–H and O–H groups in total. The monoisotopic (exact) mass is 405 g/mol. The van der Waals surface area contributed by atoms with Crippen LogP contribution >= 0.6 is 0 Å². The highest BCUT2D eigenvalue weighted by atomic mass is 19.1. The first-order chi connectivity index (χ1) is 13.9. The zero-order chi connectivity index (χ0) is 21.6. The summed E-state index contributed by atoms with van der Waals surface area (Å²) in [5.41, 5.74) is 4.66. The van der Waals surface area contributed by atoms with Crippen molar-refractivity contribution in [3.8, 4) is 0 Å². The summed E-state index contributed by atoms with van der Waals surface area (Å²) in [6, 6.07) is 4.73. The lowest BCUT2D eigenvalue weighted by Gasteiger charge is -2.13. The second kappa shape index (κ2) is 10.2. The summed E-state index contributed by atoms with van der Waals surface area (Å²) in [6.45, 7) is 5.89. The molecule has 1 heterocycles. The van der Waals surface area contributed by atoms with Gasteiger partial charge in [-0.3, -0.25) is 14.4 Å². The number of aliphatic hydroxyl groups excluding tert-OH is 1. The summed E-state index contributed by atoms with van der Waals surface area (Å²) in [4.78, 5) is 30.0. The largest absolute Gasteiger partial charge is 0.396 e. The number of aromatic nitrogens is 1. The van der Waals surface area contributed by atoms with Gasteiger partial charge >= 0.3 is 0 Å². The lowest BCUT2D eigenvalue weighted by molar-refractivity contribution is 0.0262. The first-order valence-electron chi connectivity index (χ1n) is 9.75. The van der Waals surface area contributed by atoms with Gasteiger partial charge in [0.1, 0.15) is 11.6 Å². The average molecular weight is 405 g/mol. The molecule has 2 aromatic rings. The SMILES string of the molecule is CC.Cc1ccc(Nc2c(C(=O)NOCCCO)c3c(n2C)C(=O)CC3)c(F)c1. The van der Waals surface area contributed by atoms with E-state index in [1.165, 1.54) is 6.07 Å². The topological polar surface area (TPSA) is 92.6 Å². The molecule has 0 unspecified atom stereocenters. The average Bonchev–Trinajstić information content (AvgIpc) is 3.21. The minimum Gasteiger partial charge on any atom is -0.396 e. The van der Waals surface area contributed by atoms with Crippen molar-refractivity contribution in [2.24, 2.45) is 7.05 Å². The minimum absolute atomic E-state index is 0.0510. The first-order valence-corrected chi connectivity index (χ1v) is 9.75. The fourth-order valence-electron chi connectivity index (χ4n) is 3.24. The Balaban J connectivity index is 0.00000145. The van der Waals surface area contributed by atoms with E-state index in [1.54, 1.807) is 30.7 Å². The summed E-state index contributed by atoms with van der Waals surface area (Å²) in [5.74, 6) is -0.693. The number of halogens is 1. The van der Waals surface area contributed by atoms with Gasteiger partial charge < -0.3 is 15.0 Å². The van der Waals surface area contributed by atoms with Crippen molar-refractivity contribution in [1.82, 2.24) is 10.0 Å². The molecule has 0 saturated heterocycles. The van der Waals surface area contributed by atoms with Crippen molar-refractivity contribution in [2.45, 2.75) is 40.0 Å². The van der Waals surface area contributed by atoms with E-state index in [-0.39, 0.29) is 30.2 Å². The minimum atomic E-state index is -0.519. The van der Waals surface area contributed by atoms with Crippen LogP contribution in [-0.2, 0) is 18.3 Å². The summed E-state index contributed by atoms with van der Waals surface area (Å²) in [5, 5.41) is 11.7. The van der Waals surface area contributed by atoms with E-state index < -0.39 is 11.7 Å². The van der Waals surface area contributed by atoms with Gasteiger partial charge in [-0.1, -0.05) is 19.9 Å². The van der Waals surface area contributed by atoms with Crippen LogP contribution in [0.1, 0.15) is 58.7 Å². The number of aryl methyl sites for hydroxylation is 1. The smallest absolute Gasteiger partial charge is 0.278 e. The number of fused-ring (bicyclic) bond motifs is 1. The van der Waals surface area contributed by atoms with Crippen LogP contribution in [0.5, 0.6) is 0 Å². The highest BCUT2D eigenvalue weighted by Crippen LogP contribution is 2.35. The number of hydrogen-bond acceptors (Lipinski definition) is 5. The number of aliphatic hydroxyl groups is 1. The molecule has 29 heavy (non-hydrogen) atoms. The van der Waals surface area contributed by atoms with Gasteiger partial charge in [-0.25, -0.2) is 9.87 Å². The number of nitrogens with one attached hydrogen (secondary N) is 2. The lowest BCUT2D eigenvalue weighted by atomic mass is 10.1. The molecule has 3 rings (SSSR count). The van der Waals surface area contributed by atoms with E-state index in [0.29, 0.717) is 36.3 Å². The molecular weight excluding hydrogens is 377 g/mol. The Kier molecular flexibility index (Phi) is 7.92. The van der Waals surface area contributed by atoms with Crippen LogP contribution in [0, 0.1) is 12.7 Å². The Morgan fingerprint density at radius 2 is 2.03 bits per heavy atom. The number of anilines is 2. The number of carbonyl (C=O) groups is 2. The third-order valence-electron chi connectivity index (χ3n) is 4.54. The Morgan fingerprint density at radius 3 is 2.69 bits per heavy atom. The van der Waals surface area contributed by atoms with Gasteiger partial charge in [-0.15, -0.1) is 0 Å². The number of ketones is 1. The first kappa shape index (κ1) is 22.6. The molecule has 1 amide bonds. The quantitative estimate of drug-likeness (QED) is 0.485. The van der Waals surface area contributed by atoms with Crippen molar-refractivity contribution in [2.75, 3.05) is 18.5 Å². The molecule has 1 aromatic heterocycles. The van der Waals surface area contributed by atoms with Gasteiger partial charge in [0.15, 0.2) is 5.78 Å². The summed E-state index contributed by atoms with van der Waals surface area (Å²) >= 11 is 0. The summed E-state index contributed by atoms with van der Waals surface area (Å²) in [6.07, 6.45) is 1.16. The summed E-state index contributed by atoms with van der Waals surface area (Å²) < 4.78 is 15.9. The number of amides is 1. The molecule has 0 spiro atoms. The van der Waals surface area contributed by atoms with Gasteiger partial charge in [0, 0.05) is 20.1 Å². The number of carbonyl (C=O) groups excluding carboxylic acids is 2. The van der Waals surface area contributed by atoms with E-state index in [1.807, 2.05) is 13.8 Å². The Hall–Kier alpha value is -2.71. The second-order valence-corrected chi connectivity index (χ2v) is 6.50. The highest BCUT2D eigenvalue weighted by molar-refractivity contribution is 6.09. The maximum absolute atomic E-state index is 14.3. The third kappa shape index (κ3) is 4.83. The Morgan fingerprint density at radius 1 is 1.31 bits per heavy atom. The molecule has 0 aliphatic heterocycles. The molecular formula is C21H28FN3O4. The third-order valence-corrected chi connectivity index (χ3v) is 4.54. The second-order valence-electron chi connectivity index (χ2n) is 6.50. The molecule has 0 bridgehead atoms.